The first-order valence-corrected chi connectivity index (χ1v) is 4.34. The van der Waals surface area contributed by atoms with Gasteiger partial charge in [0.2, 0.25) is 0 Å². The fourth-order valence-corrected chi connectivity index (χ4v) is 0.909. The van der Waals surface area contributed by atoms with E-state index in [1.54, 1.807) is 13.2 Å². The van der Waals surface area contributed by atoms with Crippen molar-refractivity contribution in [3.63, 3.8) is 0 Å². The number of aromatic nitrogens is 2. The van der Waals surface area contributed by atoms with Crippen molar-refractivity contribution in [3.8, 4) is 0 Å². The van der Waals surface area contributed by atoms with Crippen molar-refractivity contribution in [3.05, 3.63) is 17.5 Å². The van der Waals surface area contributed by atoms with E-state index in [-0.39, 0.29) is 6.10 Å². The number of rotatable bonds is 4. The molecule has 0 radical (unpaired) electrons. The Morgan fingerprint density at radius 2 is 2.38 bits per heavy atom. The Balaban J connectivity index is 2.45. The quantitative estimate of drug-likeness (QED) is 0.752. The first kappa shape index (κ1) is 10.2. The van der Waals surface area contributed by atoms with Gasteiger partial charge in [-0.05, 0) is 6.92 Å². The highest BCUT2D eigenvalue weighted by molar-refractivity contribution is 6.29. The summed E-state index contributed by atoms with van der Waals surface area (Å²) in [5.41, 5.74) is 0. The summed E-state index contributed by atoms with van der Waals surface area (Å²) >= 11 is 5.67. The molecule has 5 heteroatoms. The minimum absolute atomic E-state index is 0.147. The molecular weight excluding hydrogens is 190 g/mol. The number of anilines is 1. The minimum Gasteiger partial charge on any atom is -0.380 e. The largest absolute Gasteiger partial charge is 0.380 e. The molecule has 0 aliphatic rings. The third-order valence-electron chi connectivity index (χ3n) is 1.61. The van der Waals surface area contributed by atoms with Crippen molar-refractivity contribution in [2.24, 2.45) is 0 Å². The van der Waals surface area contributed by atoms with E-state index >= 15 is 0 Å². The average Bonchev–Trinajstić information content (AvgIpc) is 2.14. The van der Waals surface area contributed by atoms with Crippen LogP contribution in [0.1, 0.15) is 6.92 Å². The lowest BCUT2D eigenvalue weighted by Gasteiger charge is -2.10. The summed E-state index contributed by atoms with van der Waals surface area (Å²) in [6.45, 7) is 2.67. The Kier molecular flexibility index (Phi) is 3.92. The van der Waals surface area contributed by atoms with Crippen LogP contribution < -0.4 is 5.32 Å². The lowest BCUT2D eigenvalue weighted by atomic mass is 10.4. The monoisotopic (exact) mass is 201 g/mol. The maximum Gasteiger partial charge on any atom is 0.134 e. The Bertz CT molecular complexity index is 269. The maximum absolute atomic E-state index is 5.67. The van der Waals surface area contributed by atoms with Crippen LogP contribution in [0.25, 0.3) is 0 Å². The van der Waals surface area contributed by atoms with Crippen LogP contribution in [0.2, 0.25) is 5.15 Å². The number of nitrogens with one attached hydrogen (secondary N) is 1. The molecule has 1 N–H and O–H groups in total. The molecule has 0 saturated heterocycles. The van der Waals surface area contributed by atoms with E-state index in [0.29, 0.717) is 17.5 Å². The second-order valence-corrected chi connectivity index (χ2v) is 3.04. The zero-order valence-corrected chi connectivity index (χ0v) is 8.38. The summed E-state index contributed by atoms with van der Waals surface area (Å²) in [5.74, 6) is 0.712. The molecule has 0 spiro atoms. The summed E-state index contributed by atoms with van der Waals surface area (Å²) in [4.78, 5) is 7.75. The second kappa shape index (κ2) is 4.99. The van der Waals surface area contributed by atoms with E-state index in [0.717, 1.165) is 0 Å². The SMILES string of the molecule is COC(C)CNc1cc(Cl)ncn1. The van der Waals surface area contributed by atoms with Crippen molar-refractivity contribution < 1.29 is 4.74 Å². The number of halogens is 1. The summed E-state index contributed by atoms with van der Waals surface area (Å²) in [6, 6.07) is 1.67. The van der Waals surface area contributed by atoms with Crippen LogP contribution in [-0.2, 0) is 4.74 Å². The molecule has 0 aliphatic heterocycles. The second-order valence-electron chi connectivity index (χ2n) is 2.65. The van der Waals surface area contributed by atoms with Gasteiger partial charge < -0.3 is 10.1 Å². The topological polar surface area (TPSA) is 47.0 Å². The molecule has 1 unspecified atom stereocenters. The molecular formula is C8H12ClN3O. The third kappa shape index (κ3) is 3.57. The van der Waals surface area contributed by atoms with Crippen molar-refractivity contribution in [1.82, 2.24) is 9.97 Å². The molecule has 0 bridgehead atoms. The zero-order valence-electron chi connectivity index (χ0n) is 7.62. The number of methoxy groups -OCH3 is 1. The van der Waals surface area contributed by atoms with Crippen molar-refractivity contribution >= 4 is 17.4 Å². The average molecular weight is 202 g/mol. The highest BCUT2D eigenvalue weighted by Gasteiger charge is 2.00. The fraction of sp³-hybridized carbons (Fsp3) is 0.500. The van der Waals surface area contributed by atoms with Gasteiger partial charge in [-0.15, -0.1) is 0 Å². The van der Waals surface area contributed by atoms with Crippen LogP contribution in [0.4, 0.5) is 5.82 Å². The van der Waals surface area contributed by atoms with E-state index in [2.05, 4.69) is 15.3 Å². The molecule has 0 aliphatic carbocycles. The zero-order chi connectivity index (χ0) is 9.68. The maximum atomic E-state index is 5.67. The smallest absolute Gasteiger partial charge is 0.134 e. The molecule has 1 heterocycles. The standard InChI is InChI=1S/C8H12ClN3O/c1-6(13-2)4-10-8-3-7(9)11-5-12-8/h3,5-6H,4H2,1-2H3,(H,10,11,12). The van der Waals surface area contributed by atoms with Gasteiger partial charge in [0.25, 0.3) is 0 Å². The molecule has 0 saturated carbocycles. The van der Waals surface area contributed by atoms with E-state index in [9.17, 15) is 0 Å². The third-order valence-corrected chi connectivity index (χ3v) is 1.81. The first-order valence-electron chi connectivity index (χ1n) is 3.96. The Morgan fingerprint density at radius 1 is 1.62 bits per heavy atom. The predicted octanol–water partition coefficient (Wildman–Crippen LogP) is 1.58. The molecule has 13 heavy (non-hydrogen) atoms. The van der Waals surface area contributed by atoms with Gasteiger partial charge >= 0.3 is 0 Å². The number of hydrogen-bond acceptors (Lipinski definition) is 4. The van der Waals surface area contributed by atoms with Gasteiger partial charge in [0.05, 0.1) is 6.10 Å². The molecule has 1 aromatic heterocycles. The molecule has 72 valence electrons. The molecule has 1 atom stereocenters. The summed E-state index contributed by atoms with van der Waals surface area (Å²) in [5, 5.41) is 3.51. The predicted molar refractivity (Wildman–Crippen MR) is 52.0 cm³/mol. The van der Waals surface area contributed by atoms with Gasteiger partial charge in [-0.25, -0.2) is 9.97 Å². The first-order chi connectivity index (χ1) is 6.22. The van der Waals surface area contributed by atoms with Crippen LogP contribution >= 0.6 is 11.6 Å². The molecule has 1 aromatic rings. The summed E-state index contributed by atoms with van der Waals surface area (Å²) < 4.78 is 5.06. The van der Waals surface area contributed by atoms with Crippen molar-refractivity contribution in [2.45, 2.75) is 13.0 Å². The molecule has 1 rings (SSSR count). The van der Waals surface area contributed by atoms with Gasteiger partial charge in [-0.2, -0.15) is 0 Å². The van der Waals surface area contributed by atoms with E-state index < -0.39 is 0 Å². The normalized spacial score (nSPS) is 12.5. The number of hydrogen-bond donors (Lipinski definition) is 1. The molecule has 0 aromatic carbocycles. The lowest BCUT2D eigenvalue weighted by Crippen LogP contribution is -2.18. The minimum atomic E-state index is 0.147. The molecule has 0 amide bonds. The Morgan fingerprint density at radius 3 is 3.00 bits per heavy atom. The van der Waals surface area contributed by atoms with Gasteiger partial charge in [0.1, 0.15) is 17.3 Å². The fourth-order valence-electron chi connectivity index (χ4n) is 0.762. The highest BCUT2D eigenvalue weighted by atomic mass is 35.5. The van der Waals surface area contributed by atoms with Gasteiger partial charge in [0.15, 0.2) is 0 Å². The highest BCUT2D eigenvalue weighted by Crippen LogP contribution is 2.08. The lowest BCUT2D eigenvalue weighted by molar-refractivity contribution is 0.128. The van der Waals surface area contributed by atoms with Gasteiger partial charge in [0, 0.05) is 19.7 Å². The Labute approximate surface area is 82.3 Å². The number of nitrogens with zero attached hydrogens (tertiary/aromatic N) is 2. The Hall–Kier alpha value is -0.870. The number of ether oxygens (including phenoxy) is 1. The van der Waals surface area contributed by atoms with Crippen LogP contribution in [0.3, 0.4) is 0 Å². The van der Waals surface area contributed by atoms with Crippen LogP contribution in [0, 0.1) is 0 Å². The molecule has 4 nitrogen and oxygen atoms in total. The van der Waals surface area contributed by atoms with E-state index in [4.69, 9.17) is 16.3 Å². The van der Waals surface area contributed by atoms with Gasteiger partial charge in [-0.1, -0.05) is 11.6 Å². The van der Waals surface area contributed by atoms with Crippen molar-refractivity contribution in [2.75, 3.05) is 19.0 Å². The van der Waals surface area contributed by atoms with Crippen molar-refractivity contribution in [1.29, 1.82) is 0 Å². The van der Waals surface area contributed by atoms with E-state index in [1.165, 1.54) is 6.33 Å². The summed E-state index contributed by atoms with van der Waals surface area (Å²) in [7, 11) is 1.67. The van der Waals surface area contributed by atoms with Gasteiger partial charge in [-0.3, -0.25) is 0 Å². The van der Waals surface area contributed by atoms with Crippen LogP contribution in [-0.4, -0.2) is 29.7 Å². The summed E-state index contributed by atoms with van der Waals surface area (Å²) in [6.07, 6.45) is 1.57. The van der Waals surface area contributed by atoms with Crippen LogP contribution in [0.15, 0.2) is 12.4 Å². The molecule has 0 fully saturated rings. The van der Waals surface area contributed by atoms with E-state index in [1.807, 2.05) is 6.92 Å². The van der Waals surface area contributed by atoms with Crippen LogP contribution in [0.5, 0.6) is 0 Å².